The molecule has 0 spiro atoms. The van der Waals surface area contributed by atoms with E-state index in [1.165, 1.54) is 46.6 Å². The van der Waals surface area contributed by atoms with E-state index >= 15 is 0 Å². The van der Waals surface area contributed by atoms with Crippen molar-refractivity contribution in [3.05, 3.63) is 214 Å². The fourth-order valence-corrected chi connectivity index (χ4v) is 10.1. The second-order valence-electron chi connectivity index (χ2n) is 21.4. The number of hydrogen-bond donors (Lipinski definition) is 8. The number of aliphatic hydroxyl groups excluding tert-OH is 1. The van der Waals surface area contributed by atoms with Crippen molar-refractivity contribution < 1.29 is 80.8 Å². The number of rotatable bonds is 11. The van der Waals surface area contributed by atoms with E-state index in [0.29, 0.717) is 61.5 Å². The van der Waals surface area contributed by atoms with Crippen LogP contribution in [0.5, 0.6) is 23.0 Å². The third kappa shape index (κ3) is 14.9. The first-order valence-corrected chi connectivity index (χ1v) is 29.1. The molecule has 8 N–H and O–H groups in total. The molecule has 1 aliphatic heterocycles. The number of halogens is 3. The predicted octanol–water partition coefficient (Wildman–Crippen LogP) is 12.1. The van der Waals surface area contributed by atoms with Crippen molar-refractivity contribution in [1.82, 2.24) is 24.9 Å². The van der Waals surface area contributed by atoms with Gasteiger partial charge in [0.1, 0.15) is 34.3 Å². The lowest BCUT2D eigenvalue weighted by molar-refractivity contribution is 0.00578. The molecule has 0 amide bonds. The van der Waals surface area contributed by atoms with Crippen molar-refractivity contribution in [1.29, 1.82) is 0 Å². The smallest absolute Gasteiger partial charge is 0.464 e. The topological polar surface area (TPSA) is 282 Å². The standard InChI is InChI=1S/C16H20BNO4.C16H12FNO3.C15H12FNO2.C10H10BNO4.C10H8BrNO2/c1-15(2)16(3,4)22-17(21-15)11-7-6-8-12-10(11)9-13(18-12)14(19)20-5;1-20-16(19)13-9-10-12(18-13)6-4-8-14(10)21-15-7-3-2-5-11(15)17;16-12-4-1-2-6-15(12)19-14-7-3-5-13-11(14)8-10(9-18)17-13;1-16-10(13)9-5-6-7(11(14)15)3-2-4-8(6)12-9;1-14-10(13)9-5-6-7(11)3-2-4-8(6)12-9/h6-9,18H,1-5H3;2-9,18H,1H3;1-8,17-18H,9H2;2-5,12,14-15H,1H3;2-5,12H,1H3. The van der Waals surface area contributed by atoms with Crippen LogP contribution in [0.4, 0.5) is 8.78 Å². The highest BCUT2D eigenvalue weighted by atomic mass is 79.9. The highest BCUT2D eigenvalue weighted by Gasteiger charge is 2.52. The van der Waals surface area contributed by atoms with Gasteiger partial charge in [0.15, 0.2) is 23.1 Å². The van der Waals surface area contributed by atoms with Crippen molar-refractivity contribution in [3.63, 3.8) is 0 Å². The number of aromatic nitrogens is 5. The fraction of sp³-hybridized carbons (Fsp3) is 0.164. The van der Waals surface area contributed by atoms with Crippen molar-refractivity contribution in [2.24, 2.45) is 0 Å². The van der Waals surface area contributed by atoms with E-state index in [-0.39, 0.29) is 29.8 Å². The van der Waals surface area contributed by atoms with Crippen molar-refractivity contribution >= 4 is 119 Å². The molecule has 472 valence electrons. The number of esters is 4. The molecule has 0 bridgehead atoms. The van der Waals surface area contributed by atoms with Gasteiger partial charge in [-0.05, 0) is 142 Å². The molecule has 25 heteroatoms. The summed E-state index contributed by atoms with van der Waals surface area (Å²) in [5.41, 5.74) is 6.62. The van der Waals surface area contributed by atoms with Crippen LogP contribution in [0, 0.1) is 11.6 Å². The first-order chi connectivity index (χ1) is 44.1. The summed E-state index contributed by atoms with van der Waals surface area (Å²) in [5.74, 6) is -1.23. The van der Waals surface area contributed by atoms with Crippen LogP contribution in [0.1, 0.15) is 75.3 Å². The number of aliphatic hydroxyl groups is 1. The quantitative estimate of drug-likeness (QED) is 0.0339. The van der Waals surface area contributed by atoms with Gasteiger partial charge in [-0.25, -0.2) is 28.0 Å². The maximum Gasteiger partial charge on any atom is 0.495 e. The van der Waals surface area contributed by atoms with E-state index in [2.05, 4.69) is 55.1 Å². The number of carbonyl (C=O) groups excluding carboxylic acids is 4. The molecular formula is C67H62B2BrF2N5O15. The monoisotopic (exact) mass is 1320 g/mol. The minimum atomic E-state index is -1.56. The molecular weight excluding hydrogens is 1250 g/mol. The summed E-state index contributed by atoms with van der Waals surface area (Å²) in [5, 5.41) is 31.4. The lowest BCUT2D eigenvalue weighted by Gasteiger charge is -2.32. The summed E-state index contributed by atoms with van der Waals surface area (Å²) >= 11 is 3.41. The highest BCUT2D eigenvalue weighted by molar-refractivity contribution is 9.10. The van der Waals surface area contributed by atoms with Gasteiger partial charge in [-0.1, -0.05) is 82.7 Å². The summed E-state index contributed by atoms with van der Waals surface area (Å²) < 4.78 is 70.2. The average molecular weight is 1320 g/mol. The number of carbonyl (C=O) groups is 4. The number of hydrogen-bond acceptors (Lipinski definition) is 15. The minimum Gasteiger partial charge on any atom is -0.464 e. The predicted molar refractivity (Wildman–Crippen MR) is 349 cm³/mol. The number of benzene rings is 7. The molecule has 0 saturated carbocycles. The zero-order chi connectivity index (χ0) is 66.0. The highest BCUT2D eigenvalue weighted by Crippen LogP contribution is 2.38. The molecule has 1 aliphatic rings. The maximum absolute atomic E-state index is 13.7. The van der Waals surface area contributed by atoms with Crippen LogP contribution in [-0.4, -0.2) is 118 Å². The third-order valence-electron chi connectivity index (χ3n) is 15.0. The average Bonchev–Trinajstić information content (AvgIpc) is 1.62. The minimum absolute atomic E-state index is 0.0756. The largest absolute Gasteiger partial charge is 0.495 e. The van der Waals surface area contributed by atoms with Crippen molar-refractivity contribution in [2.75, 3.05) is 28.4 Å². The van der Waals surface area contributed by atoms with E-state index in [1.54, 1.807) is 103 Å². The first-order valence-electron chi connectivity index (χ1n) is 28.3. The second-order valence-corrected chi connectivity index (χ2v) is 22.3. The molecule has 13 rings (SSSR count). The van der Waals surface area contributed by atoms with Gasteiger partial charge in [-0.3, -0.25) is 0 Å². The van der Waals surface area contributed by atoms with Gasteiger partial charge in [-0.2, -0.15) is 0 Å². The molecule has 0 atom stereocenters. The summed E-state index contributed by atoms with van der Waals surface area (Å²) in [6.45, 7) is 8.00. The Morgan fingerprint density at radius 1 is 0.467 bits per heavy atom. The van der Waals surface area contributed by atoms with Gasteiger partial charge < -0.3 is 77.8 Å². The van der Waals surface area contributed by atoms with E-state index in [4.69, 9.17) is 38.7 Å². The molecule has 20 nitrogen and oxygen atoms in total. The van der Waals surface area contributed by atoms with E-state index < -0.39 is 55.0 Å². The number of aromatic amines is 5. The van der Waals surface area contributed by atoms with E-state index in [0.717, 1.165) is 42.6 Å². The zero-order valence-electron chi connectivity index (χ0n) is 50.9. The van der Waals surface area contributed by atoms with Crippen LogP contribution < -0.4 is 20.4 Å². The molecule has 7 aromatic carbocycles. The number of para-hydroxylation sites is 2. The molecule has 1 fully saturated rings. The van der Waals surface area contributed by atoms with Gasteiger partial charge in [0.25, 0.3) is 0 Å². The molecule has 0 aliphatic carbocycles. The van der Waals surface area contributed by atoms with Gasteiger partial charge in [0.05, 0.1) is 46.2 Å². The van der Waals surface area contributed by atoms with Gasteiger partial charge >= 0.3 is 38.1 Å². The molecule has 0 unspecified atom stereocenters. The Kier molecular flexibility index (Phi) is 20.8. The molecule has 92 heavy (non-hydrogen) atoms. The lowest BCUT2D eigenvalue weighted by atomic mass is 9.77. The van der Waals surface area contributed by atoms with Gasteiger partial charge in [-0.15, -0.1) is 0 Å². The normalized spacial score (nSPS) is 12.7. The first kappa shape index (κ1) is 66.4. The Hall–Kier alpha value is -10.0. The summed E-state index contributed by atoms with van der Waals surface area (Å²) in [4.78, 5) is 60.7. The van der Waals surface area contributed by atoms with Crippen LogP contribution in [0.2, 0.25) is 0 Å². The van der Waals surface area contributed by atoms with E-state index in [9.17, 15) is 28.0 Å². The lowest BCUT2D eigenvalue weighted by Crippen LogP contribution is -2.41. The molecule has 5 aromatic heterocycles. The van der Waals surface area contributed by atoms with Crippen LogP contribution in [0.3, 0.4) is 0 Å². The Morgan fingerprint density at radius 3 is 1.27 bits per heavy atom. The third-order valence-corrected chi connectivity index (χ3v) is 15.7. The Morgan fingerprint density at radius 2 is 0.826 bits per heavy atom. The molecule has 6 heterocycles. The van der Waals surface area contributed by atoms with Crippen LogP contribution in [-0.2, 0) is 34.9 Å². The van der Waals surface area contributed by atoms with Crippen LogP contribution >= 0.6 is 15.9 Å². The summed E-state index contributed by atoms with van der Waals surface area (Å²) in [6.07, 6.45) is 0. The van der Waals surface area contributed by atoms with Crippen molar-refractivity contribution in [2.45, 2.75) is 45.5 Å². The van der Waals surface area contributed by atoms with Gasteiger partial charge in [0.2, 0.25) is 0 Å². The maximum atomic E-state index is 13.7. The molecule has 12 aromatic rings. The summed E-state index contributed by atoms with van der Waals surface area (Å²) in [6, 6.07) is 48.2. The molecule has 0 radical (unpaired) electrons. The van der Waals surface area contributed by atoms with Crippen LogP contribution in [0.15, 0.2) is 174 Å². The Labute approximate surface area is 534 Å². The van der Waals surface area contributed by atoms with Gasteiger partial charge in [0, 0.05) is 64.7 Å². The number of nitrogens with one attached hydrogen (secondary N) is 5. The SMILES string of the molecule is COC(=O)c1cc2c(B(O)O)cccc2[nH]1.COC(=O)c1cc2c(B3OC(C)(C)C(C)(C)O3)cccc2[nH]1.COC(=O)c1cc2c(Br)cccc2[nH]1.COC(=O)c1cc2c(Oc3ccccc3F)cccc2[nH]1.OCc1cc2c(Oc3ccccc3F)cccc2[nH]1. The second kappa shape index (κ2) is 28.9. The Bertz CT molecular complexity index is 4620. The number of ether oxygens (including phenoxy) is 6. The fourth-order valence-electron chi connectivity index (χ4n) is 9.62. The van der Waals surface area contributed by atoms with Crippen molar-refractivity contribution in [3.8, 4) is 23.0 Å². The molecule has 1 saturated heterocycles. The zero-order valence-corrected chi connectivity index (χ0v) is 52.5. The number of H-pyrrole nitrogens is 5. The summed E-state index contributed by atoms with van der Waals surface area (Å²) in [7, 11) is 3.30. The van der Waals surface area contributed by atoms with E-state index in [1.807, 2.05) is 76.2 Å². The number of methoxy groups -OCH3 is 4. The van der Waals surface area contributed by atoms with Crippen LogP contribution in [0.25, 0.3) is 54.5 Å². The number of fused-ring (bicyclic) bond motifs is 5. The Balaban J connectivity index is 0.000000137.